The fourth-order valence-electron chi connectivity index (χ4n) is 6.37. The lowest BCUT2D eigenvalue weighted by molar-refractivity contribution is -0.166. The van der Waals surface area contributed by atoms with Crippen molar-refractivity contribution in [2.24, 2.45) is 28.4 Å². The largest absolute Gasteiger partial charge is 0.339 e. The van der Waals surface area contributed by atoms with Crippen molar-refractivity contribution >= 4 is 5.91 Å². The van der Waals surface area contributed by atoms with Gasteiger partial charge in [0.2, 0.25) is 5.91 Å². The van der Waals surface area contributed by atoms with Gasteiger partial charge in [0.1, 0.15) is 0 Å². The Morgan fingerprint density at radius 1 is 1.19 bits per heavy atom. The molecule has 5 rings (SSSR count). The first-order valence-electron chi connectivity index (χ1n) is 9.05. The number of amides is 1. The zero-order valence-corrected chi connectivity index (χ0v) is 13.4. The Kier molecular flexibility index (Phi) is 3.15. The van der Waals surface area contributed by atoms with Gasteiger partial charge in [-0.1, -0.05) is 6.92 Å². The molecule has 0 aromatic heterocycles. The van der Waals surface area contributed by atoms with E-state index in [4.69, 9.17) is 5.73 Å². The quantitative estimate of drug-likeness (QED) is 0.846. The van der Waals surface area contributed by atoms with Crippen LogP contribution in [-0.4, -0.2) is 29.9 Å². The third kappa shape index (κ3) is 2.32. The van der Waals surface area contributed by atoms with Crippen molar-refractivity contribution in [3.8, 4) is 0 Å². The van der Waals surface area contributed by atoms with E-state index in [0.29, 0.717) is 23.9 Å². The molecule has 118 valence electrons. The molecule has 0 aromatic rings. The first kappa shape index (κ1) is 14.0. The van der Waals surface area contributed by atoms with Crippen LogP contribution in [0.3, 0.4) is 0 Å². The Hall–Kier alpha value is -0.570. The summed E-state index contributed by atoms with van der Waals surface area (Å²) in [6.07, 6.45) is 11.1. The predicted octanol–water partition coefficient (Wildman–Crippen LogP) is 2.93. The molecule has 3 heteroatoms. The van der Waals surface area contributed by atoms with Gasteiger partial charge in [0.05, 0.1) is 5.41 Å². The van der Waals surface area contributed by atoms with Crippen LogP contribution in [0.25, 0.3) is 0 Å². The van der Waals surface area contributed by atoms with Gasteiger partial charge in [-0.3, -0.25) is 4.79 Å². The molecule has 5 saturated carbocycles. The van der Waals surface area contributed by atoms with Crippen molar-refractivity contribution in [3.63, 3.8) is 0 Å². The minimum atomic E-state index is 0.00994. The molecule has 3 nitrogen and oxygen atoms in total. The van der Waals surface area contributed by atoms with Crippen LogP contribution in [0.4, 0.5) is 0 Å². The maximum atomic E-state index is 13.4. The van der Waals surface area contributed by atoms with E-state index < -0.39 is 0 Å². The third-order valence-corrected chi connectivity index (χ3v) is 6.66. The van der Waals surface area contributed by atoms with Gasteiger partial charge < -0.3 is 10.6 Å². The number of nitrogens with two attached hydrogens (primary N) is 1. The van der Waals surface area contributed by atoms with Gasteiger partial charge in [0.25, 0.3) is 0 Å². The van der Waals surface area contributed by atoms with Gasteiger partial charge in [0, 0.05) is 12.6 Å². The molecular weight excluding hydrogens is 260 g/mol. The molecule has 2 N–H and O–H groups in total. The molecule has 0 heterocycles. The Labute approximate surface area is 128 Å². The van der Waals surface area contributed by atoms with Crippen molar-refractivity contribution in [2.45, 2.75) is 70.8 Å². The number of nitrogens with zero attached hydrogens (tertiary/aromatic N) is 1. The number of hydrogen-bond acceptors (Lipinski definition) is 2. The molecule has 21 heavy (non-hydrogen) atoms. The van der Waals surface area contributed by atoms with Crippen LogP contribution in [0.15, 0.2) is 0 Å². The first-order chi connectivity index (χ1) is 10.0. The summed E-state index contributed by atoms with van der Waals surface area (Å²) in [6, 6.07) is 0.546. The van der Waals surface area contributed by atoms with Crippen LogP contribution in [0, 0.1) is 22.7 Å². The molecule has 4 bridgehead atoms. The van der Waals surface area contributed by atoms with Crippen molar-refractivity contribution in [2.75, 3.05) is 13.1 Å². The summed E-state index contributed by atoms with van der Waals surface area (Å²) >= 11 is 0. The number of hydrogen-bond donors (Lipinski definition) is 1. The Morgan fingerprint density at radius 3 is 2.38 bits per heavy atom. The average Bonchev–Trinajstić information content (AvgIpc) is 3.20. The summed E-state index contributed by atoms with van der Waals surface area (Å²) < 4.78 is 0. The summed E-state index contributed by atoms with van der Waals surface area (Å²) in [4.78, 5) is 15.7. The Balaban J connectivity index is 1.57. The van der Waals surface area contributed by atoms with E-state index in [2.05, 4.69) is 11.8 Å². The lowest BCUT2D eigenvalue weighted by Crippen LogP contribution is -2.58. The van der Waals surface area contributed by atoms with Crippen molar-refractivity contribution in [1.29, 1.82) is 0 Å². The molecule has 0 aromatic carbocycles. The molecular formula is C18H30N2O. The van der Waals surface area contributed by atoms with E-state index in [-0.39, 0.29) is 5.41 Å². The molecule has 0 spiro atoms. The Morgan fingerprint density at radius 2 is 1.86 bits per heavy atom. The van der Waals surface area contributed by atoms with E-state index in [1.165, 1.54) is 44.9 Å². The van der Waals surface area contributed by atoms with Gasteiger partial charge in [-0.05, 0) is 81.6 Å². The molecule has 5 aliphatic carbocycles. The first-order valence-corrected chi connectivity index (χ1v) is 9.05. The van der Waals surface area contributed by atoms with Crippen LogP contribution < -0.4 is 5.73 Å². The standard InChI is InChI=1S/C18H30N2O/c1-17-8-13-7-14(9-17)11-18(10-13,12-17)16(21)20(6-2-5-19)15-3-4-15/h13-15H,2-12,19H2,1H3. The van der Waals surface area contributed by atoms with E-state index in [0.717, 1.165) is 31.2 Å². The van der Waals surface area contributed by atoms with E-state index >= 15 is 0 Å². The normalized spacial score (nSPS) is 44.1. The second-order valence-electron chi connectivity index (χ2n) is 8.92. The second kappa shape index (κ2) is 4.71. The molecule has 1 amide bonds. The smallest absolute Gasteiger partial charge is 0.229 e. The third-order valence-electron chi connectivity index (χ3n) is 6.66. The van der Waals surface area contributed by atoms with E-state index in [1.54, 1.807) is 0 Å². The second-order valence-corrected chi connectivity index (χ2v) is 8.92. The molecule has 5 aliphatic rings. The van der Waals surface area contributed by atoms with Crippen molar-refractivity contribution in [1.82, 2.24) is 4.90 Å². The summed E-state index contributed by atoms with van der Waals surface area (Å²) in [5, 5.41) is 0. The molecule has 0 aliphatic heterocycles. The zero-order valence-electron chi connectivity index (χ0n) is 13.4. The summed E-state index contributed by atoms with van der Waals surface area (Å²) in [7, 11) is 0. The van der Waals surface area contributed by atoms with E-state index in [1.807, 2.05) is 0 Å². The minimum absolute atomic E-state index is 0.00994. The minimum Gasteiger partial charge on any atom is -0.339 e. The van der Waals surface area contributed by atoms with Gasteiger partial charge >= 0.3 is 0 Å². The summed E-state index contributed by atoms with van der Waals surface area (Å²) in [5.41, 5.74) is 6.16. The number of carbonyl (C=O) groups excluding carboxylic acids is 1. The summed E-state index contributed by atoms with van der Waals surface area (Å²) in [5.74, 6) is 2.17. The fourth-order valence-corrected chi connectivity index (χ4v) is 6.37. The fraction of sp³-hybridized carbons (Fsp3) is 0.944. The van der Waals surface area contributed by atoms with Gasteiger partial charge in [0.15, 0.2) is 0 Å². The molecule has 0 radical (unpaired) electrons. The lowest BCUT2D eigenvalue weighted by atomic mass is 9.44. The maximum Gasteiger partial charge on any atom is 0.229 e. The Bertz CT molecular complexity index is 428. The highest BCUT2D eigenvalue weighted by Gasteiger charge is 2.60. The average molecular weight is 290 g/mol. The molecule has 2 atom stereocenters. The molecule has 2 unspecified atom stereocenters. The lowest BCUT2D eigenvalue weighted by Gasteiger charge is -2.61. The highest BCUT2D eigenvalue weighted by molar-refractivity contribution is 5.84. The maximum absolute atomic E-state index is 13.4. The number of rotatable bonds is 5. The van der Waals surface area contributed by atoms with Crippen LogP contribution in [0.1, 0.15) is 64.7 Å². The zero-order chi connectivity index (χ0) is 14.7. The van der Waals surface area contributed by atoms with Crippen LogP contribution in [-0.2, 0) is 4.79 Å². The molecule has 5 fully saturated rings. The van der Waals surface area contributed by atoms with Crippen LogP contribution in [0.2, 0.25) is 0 Å². The van der Waals surface area contributed by atoms with Crippen molar-refractivity contribution < 1.29 is 4.79 Å². The van der Waals surface area contributed by atoms with Gasteiger partial charge in [-0.2, -0.15) is 0 Å². The molecule has 0 saturated heterocycles. The predicted molar refractivity (Wildman–Crippen MR) is 83.6 cm³/mol. The van der Waals surface area contributed by atoms with Crippen molar-refractivity contribution in [3.05, 3.63) is 0 Å². The highest BCUT2D eigenvalue weighted by Crippen LogP contribution is 2.65. The highest BCUT2D eigenvalue weighted by atomic mass is 16.2. The summed E-state index contributed by atoms with van der Waals surface area (Å²) in [6.45, 7) is 4.05. The SMILES string of the molecule is CC12CC3CC(C1)CC(C(=O)N(CCCN)C1CC1)(C3)C2. The monoisotopic (exact) mass is 290 g/mol. The van der Waals surface area contributed by atoms with Crippen LogP contribution >= 0.6 is 0 Å². The topological polar surface area (TPSA) is 46.3 Å². The van der Waals surface area contributed by atoms with Gasteiger partial charge in [-0.15, -0.1) is 0 Å². The van der Waals surface area contributed by atoms with Crippen LogP contribution in [0.5, 0.6) is 0 Å². The van der Waals surface area contributed by atoms with E-state index in [9.17, 15) is 4.79 Å². The number of carbonyl (C=O) groups is 1. The van der Waals surface area contributed by atoms with Gasteiger partial charge in [-0.25, -0.2) is 0 Å².